The zero-order valence-corrected chi connectivity index (χ0v) is 17.6. The molecule has 1 heterocycles. The zero-order valence-electron chi connectivity index (χ0n) is 17.6. The Hall–Kier alpha value is -3.01. The number of carbonyl (C=O) groups is 1. The van der Waals surface area contributed by atoms with E-state index in [9.17, 15) is 4.79 Å². The first-order valence-electron chi connectivity index (χ1n) is 10.3. The number of primary amides is 1. The molecule has 2 N–H and O–H groups in total. The van der Waals surface area contributed by atoms with Crippen molar-refractivity contribution in [3.05, 3.63) is 77.1 Å². The van der Waals surface area contributed by atoms with E-state index in [1.807, 2.05) is 37.3 Å². The van der Waals surface area contributed by atoms with Crippen molar-refractivity contribution in [3.8, 4) is 16.9 Å². The largest absolute Gasteiger partial charge is 0.497 e. The first kappa shape index (κ1) is 20.7. The van der Waals surface area contributed by atoms with E-state index >= 15 is 0 Å². The van der Waals surface area contributed by atoms with Crippen LogP contribution in [0.25, 0.3) is 11.1 Å². The molecule has 0 saturated carbocycles. The van der Waals surface area contributed by atoms with Gasteiger partial charge in [-0.05, 0) is 49.4 Å². The predicted octanol–water partition coefficient (Wildman–Crippen LogP) is 5.16. The van der Waals surface area contributed by atoms with E-state index in [0.717, 1.165) is 54.8 Å². The number of rotatable bonds is 9. The zero-order chi connectivity index (χ0) is 20.8. The Morgan fingerprint density at radius 1 is 1.03 bits per heavy atom. The van der Waals surface area contributed by atoms with Crippen LogP contribution < -0.4 is 10.5 Å². The molecular weight excluding hydrogens is 360 g/mol. The summed E-state index contributed by atoms with van der Waals surface area (Å²) in [4.78, 5) is 12.4. The third kappa shape index (κ3) is 4.53. The van der Waals surface area contributed by atoms with Crippen LogP contribution in [0.3, 0.4) is 0 Å². The molecule has 29 heavy (non-hydrogen) atoms. The van der Waals surface area contributed by atoms with Crippen molar-refractivity contribution in [2.24, 2.45) is 5.73 Å². The number of nitrogens with zero attached hydrogens (tertiary/aromatic N) is 1. The number of unbranched alkanes of at least 4 members (excludes halogenated alkanes) is 1. The predicted molar refractivity (Wildman–Crippen MR) is 118 cm³/mol. The van der Waals surface area contributed by atoms with Gasteiger partial charge in [0.1, 0.15) is 5.75 Å². The Labute approximate surface area is 173 Å². The van der Waals surface area contributed by atoms with Crippen LogP contribution in [0, 0.1) is 6.92 Å². The molecule has 2 aromatic carbocycles. The highest BCUT2D eigenvalue weighted by atomic mass is 16.5. The summed E-state index contributed by atoms with van der Waals surface area (Å²) in [7, 11) is 1.65. The van der Waals surface area contributed by atoms with Crippen LogP contribution in [0.5, 0.6) is 5.75 Å². The average molecular weight is 391 g/mol. The van der Waals surface area contributed by atoms with E-state index in [0.29, 0.717) is 5.56 Å². The number of benzene rings is 2. The first-order chi connectivity index (χ1) is 14.1. The van der Waals surface area contributed by atoms with Gasteiger partial charge in [0.25, 0.3) is 5.91 Å². The molecule has 4 nitrogen and oxygen atoms in total. The van der Waals surface area contributed by atoms with Crippen molar-refractivity contribution in [2.75, 3.05) is 7.11 Å². The van der Waals surface area contributed by atoms with Crippen molar-refractivity contribution < 1.29 is 9.53 Å². The number of ether oxygens (including phenoxy) is 1. The Bertz CT molecular complexity index is 957. The van der Waals surface area contributed by atoms with E-state index in [-0.39, 0.29) is 5.91 Å². The van der Waals surface area contributed by atoms with Gasteiger partial charge in [0.2, 0.25) is 0 Å². The van der Waals surface area contributed by atoms with Gasteiger partial charge < -0.3 is 15.0 Å². The molecule has 1 aromatic heterocycles. The quantitative estimate of drug-likeness (QED) is 0.549. The summed E-state index contributed by atoms with van der Waals surface area (Å²) in [5.74, 6) is 0.425. The Balaban J connectivity index is 2.09. The van der Waals surface area contributed by atoms with E-state index in [1.165, 1.54) is 11.3 Å². The number of aryl methyl sites for hydroxylation is 1. The maximum Gasteiger partial charge on any atom is 0.251 e. The molecule has 0 atom stereocenters. The van der Waals surface area contributed by atoms with Crippen molar-refractivity contribution in [3.63, 3.8) is 0 Å². The third-order valence-corrected chi connectivity index (χ3v) is 5.49. The lowest BCUT2D eigenvalue weighted by atomic mass is 9.97. The number of hydrogen-bond donors (Lipinski definition) is 1. The number of nitrogens with two attached hydrogens (primary N) is 1. The molecule has 0 fully saturated rings. The summed E-state index contributed by atoms with van der Waals surface area (Å²) in [5, 5.41) is 0. The smallest absolute Gasteiger partial charge is 0.251 e. The van der Waals surface area contributed by atoms with Crippen LogP contribution in [-0.2, 0) is 19.4 Å². The molecule has 0 bridgehead atoms. The highest BCUT2D eigenvalue weighted by molar-refractivity contribution is 6.02. The molecule has 0 aliphatic heterocycles. The Morgan fingerprint density at radius 2 is 1.72 bits per heavy atom. The summed E-state index contributed by atoms with van der Waals surface area (Å²) in [6.07, 6.45) is 3.99. The number of hydrogen-bond acceptors (Lipinski definition) is 2. The number of amides is 1. The van der Waals surface area contributed by atoms with Gasteiger partial charge in [-0.2, -0.15) is 0 Å². The topological polar surface area (TPSA) is 57.2 Å². The fraction of sp³-hybridized carbons (Fsp3) is 0.320. The SMILES string of the molecule is CCCCc1c(-c2ccc(OC)cc2)c(C(N)=O)c(C)n1CCc1ccccc1. The summed E-state index contributed by atoms with van der Waals surface area (Å²) in [6, 6.07) is 18.3. The molecule has 0 aliphatic rings. The van der Waals surface area contributed by atoms with Crippen molar-refractivity contribution in [1.82, 2.24) is 4.57 Å². The number of carbonyl (C=O) groups excluding carboxylic acids is 1. The molecule has 4 heteroatoms. The normalized spacial score (nSPS) is 10.9. The minimum absolute atomic E-state index is 0.371. The molecule has 1 amide bonds. The number of methoxy groups -OCH3 is 1. The molecule has 0 spiro atoms. The van der Waals surface area contributed by atoms with Crippen molar-refractivity contribution in [2.45, 2.75) is 46.1 Å². The molecule has 3 rings (SSSR count). The molecular formula is C25H30N2O2. The van der Waals surface area contributed by atoms with Crippen molar-refractivity contribution in [1.29, 1.82) is 0 Å². The highest BCUT2D eigenvalue weighted by Crippen LogP contribution is 2.35. The maximum atomic E-state index is 12.4. The molecule has 0 saturated heterocycles. The minimum atomic E-state index is -0.371. The standard InChI is InChI=1S/C25H30N2O2/c1-4-5-11-22-24(20-12-14-21(29-3)15-13-20)23(25(26)28)18(2)27(22)17-16-19-9-7-6-8-10-19/h6-10,12-15H,4-5,11,16-17H2,1-3H3,(H2,26,28). The van der Waals surface area contributed by atoms with Gasteiger partial charge in [-0.15, -0.1) is 0 Å². The van der Waals surface area contributed by atoms with Crippen LogP contribution in [0.4, 0.5) is 0 Å². The average Bonchev–Trinajstić information content (AvgIpc) is 3.03. The molecule has 0 unspecified atom stereocenters. The monoisotopic (exact) mass is 390 g/mol. The van der Waals surface area contributed by atoms with E-state index in [4.69, 9.17) is 10.5 Å². The third-order valence-electron chi connectivity index (χ3n) is 5.49. The first-order valence-corrected chi connectivity index (χ1v) is 10.3. The fourth-order valence-electron chi connectivity index (χ4n) is 3.96. The second-order valence-corrected chi connectivity index (χ2v) is 7.37. The summed E-state index contributed by atoms with van der Waals surface area (Å²) < 4.78 is 7.59. The van der Waals surface area contributed by atoms with Gasteiger partial charge in [0.05, 0.1) is 12.7 Å². The van der Waals surface area contributed by atoms with Crippen LogP contribution in [0.2, 0.25) is 0 Å². The van der Waals surface area contributed by atoms with E-state index in [2.05, 4.69) is 35.8 Å². The van der Waals surface area contributed by atoms with Crippen LogP contribution >= 0.6 is 0 Å². The Morgan fingerprint density at radius 3 is 2.31 bits per heavy atom. The maximum absolute atomic E-state index is 12.4. The van der Waals surface area contributed by atoms with E-state index in [1.54, 1.807) is 7.11 Å². The van der Waals surface area contributed by atoms with Gasteiger partial charge in [-0.3, -0.25) is 4.79 Å². The second kappa shape index (κ2) is 9.46. The fourth-order valence-corrected chi connectivity index (χ4v) is 3.96. The molecule has 0 aliphatic carbocycles. The van der Waals surface area contributed by atoms with Gasteiger partial charge in [0.15, 0.2) is 0 Å². The lowest BCUT2D eigenvalue weighted by Gasteiger charge is -2.13. The lowest BCUT2D eigenvalue weighted by molar-refractivity contribution is 0.1000. The molecule has 0 radical (unpaired) electrons. The van der Waals surface area contributed by atoms with Gasteiger partial charge in [-0.1, -0.05) is 55.8 Å². The van der Waals surface area contributed by atoms with Crippen LogP contribution in [-0.4, -0.2) is 17.6 Å². The summed E-state index contributed by atoms with van der Waals surface area (Å²) in [6.45, 7) is 5.02. The van der Waals surface area contributed by atoms with Crippen LogP contribution in [0.1, 0.15) is 47.1 Å². The second-order valence-electron chi connectivity index (χ2n) is 7.37. The molecule has 152 valence electrons. The van der Waals surface area contributed by atoms with Gasteiger partial charge in [0, 0.05) is 23.5 Å². The highest BCUT2D eigenvalue weighted by Gasteiger charge is 2.24. The van der Waals surface area contributed by atoms with Gasteiger partial charge in [-0.25, -0.2) is 0 Å². The lowest BCUT2D eigenvalue weighted by Crippen LogP contribution is -2.14. The van der Waals surface area contributed by atoms with Crippen molar-refractivity contribution >= 4 is 5.91 Å². The number of aromatic nitrogens is 1. The minimum Gasteiger partial charge on any atom is -0.497 e. The summed E-state index contributed by atoms with van der Waals surface area (Å²) in [5.41, 5.74) is 11.9. The van der Waals surface area contributed by atoms with E-state index < -0.39 is 0 Å². The summed E-state index contributed by atoms with van der Waals surface area (Å²) >= 11 is 0. The van der Waals surface area contributed by atoms with Gasteiger partial charge >= 0.3 is 0 Å². The molecule has 3 aromatic rings. The van der Waals surface area contributed by atoms with Crippen LogP contribution in [0.15, 0.2) is 54.6 Å². The Kier molecular flexibility index (Phi) is 6.76.